The Kier molecular flexibility index (Phi) is 4.73. The normalized spacial score (nSPS) is 18.1. The van der Waals surface area contributed by atoms with Crippen LogP contribution < -0.4 is 10.1 Å². The molecule has 3 nitrogen and oxygen atoms in total. The molecule has 0 spiro atoms. The van der Waals surface area contributed by atoms with Gasteiger partial charge in [-0.05, 0) is 73.1 Å². The summed E-state index contributed by atoms with van der Waals surface area (Å²) in [7, 11) is 1.94. The molecule has 2 unspecified atom stereocenters. The molecule has 0 saturated heterocycles. The fourth-order valence-electron chi connectivity index (χ4n) is 3.56. The Morgan fingerprint density at radius 2 is 1.59 bits per heavy atom. The zero-order valence-corrected chi connectivity index (χ0v) is 15.0. The van der Waals surface area contributed by atoms with Crippen molar-refractivity contribution in [2.24, 2.45) is 0 Å². The van der Waals surface area contributed by atoms with Gasteiger partial charge < -0.3 is 10.1 Å². The number of benzene rings is 3. The topological polar surface area (TPSA) is 38.3 Å². The van der Waals surface area contributed by atoms with E-state index >= 15 is 0 Å². The molecule has 0 fully saturated rings. The molecular formula is C23H20FNO2. The number of hydrogen-bond donors (Lipinski definition) is 1. The van der Waals surface area contributed by atoms with Crippen molar-refractivity contribution in [2.75, 3.05) is 7.05 Å². The SMILES string of the molecule is CNC1Cc2ccccc2C1Oc1ccc(C(=O)c2ccc(F)cc2)cc1. The molecule has 136 valence electrons. The van der Waals surface area contributed by atoms with Crippen LogP contribution in [0.25, 0.3) is 0 Å². The minimum atomic E-state index is -0.355. The van der Waals surface area contributed by atoms with Gasteiger partial charge in [0, 0.05) is 11.1 Å². The van der Waals surface area contributed by atoms with Crippen LogP contribution in [0.15, 0.2) is 72.8 Å². The molecule has 4 heteroatoms. The summed E-state index contributed by atoms with van der Waals surface area (Å²) in [6.45, 7) is 0. The second-order valence-electron chi connectivity index (χ2n) is 6.70. The summed E-state index contributed by atoms with van der Waals surface area (Å²) < 4.78 is 19.3. The molecule has 0 saturated carbocycles. The van der Waals surface area contributed by atoms with Crippen molar-refractivity contribution < 1.29 is 13.9 Å². The van der Waals surface area contributed by atoms with Crippen LogP contribution in [-0.4, -0.2) is 18.9 Å². The van der Waals surface area contributed by atoms with Crippen LogP contribution in [0, 0.1) is 5.82 Å². The van der Waals surface area contributed by atoms with Gasteiger partial charge in [0.2, 0.25) is 0 Å². The monoisotopic (exact) mass is 361 g/mol. The Morgan fingerprint density at radius 3 is 2.26 bits per heavy atom. The summed E-state index contributed by atoms with van der Waals surface area (Å²) in [5.41, 5.74) is 3.50. The highest BCUT2D eigenvalue weighted by Crippen LogP contribution is 2.35. The van der Waals surface area contributed by atoms with Gasteiger partial charge in [-0.25, -0.2) is 4.39 Å². The van der Waals surface area contributed by atoms with Gasteiger partial charge in [0.15, 0.2) is 5.78 Å². The molecule has 0 amide bonds. The second-order valence-corrected chi connectivity index (χ2v) is 6.70. The van der Waals surface area contributed by atoms with Crippen molar-refractivity contribution in [3.8, 4) is 5.75 Å². The maximum atomic E-state index is 13.0. The van der Waals surface area contributed by atoms with E-state index in [2.05, 4.69) is 17.4 Å². The standard InChI is InChI=1S/C23H20FNO2/c1-25-21-14-17-4-2-3-5-20(17)23(21)27-19-12-8-16(9-13-19)22(26)15-6-10-18(24)11-7-15/h2-13,21,23,25H,14H2,1H3. The summed E-state index contributed by atoms with van der Waals surface area (Å²) in [4.78, 5) is 12.5. The molecule has 3 aromatic rings. The lowest BCUT2D eigenvalue weighted by molar-refractivity contribution is 0.103. The lowest BCUT2D eigenvalue weighted by Gasteiger charge is -2.22. The molecule has 0 aromatic heterocycles. The van der Waals surface area contributed by atoms with Gasteiger partial charge in [-0.1, -0.05) is 24.3 Å². The van der Waals surface area contributed by atoms with Gasteiger partial charge in [-0.15, -0.1) is 0 Å². The van der Waals surface area contributed by atoms with Gasteiger partial charge in [0.1, 0.15) is 17.7 Å². The van der Waals surface area contributed by atoms with Crippen LogP contribution >= 0.6 is 0 Å². The highest BCUT2D eigenvalue weighted by Gasteiger charge is 2.32. The largest absolute Gasteiger partial charge is 0.484 e. The smallest absolute Gasteiger partial charge is 0.193 e. The first-order valence-electron chi connectivity index (χ1n) is 8.98. The molecule has 3 aromatic carbocycles. The first-order valence-corrected chi connectivity index (χ1v) is 8.98. The van der Waals surface area contributed by atoms with E-state index in [1.54, 1.807) is 12.1 Å². The quantitative estimate of drug-likeness (QED) is 0.688. The fraction of sp³-hybridized carbons (Fsp3) is 0.174. The predicted molar refractivity (Wildman–Crippen MR) is 103 cm³/mol. The summed E-state index contributed by atoms with van der Waals surface area (Å²) in [6.07, 6.45) is 0.864. The Morgan fingerprint density at radius 1 is 0.963 bits per heavy atom. The average molecular weight is 361 g/mol. The first kappa shape index (κ1) is 17.4. The Balaban J connectivity index is 1.52. The van der Waals surface area contributed by atoms with Crippen LogP contribution in [-0.2, 0) is 6.42 Å². The van der Waals surface area contributed by atoms with E-state index in [9.17, 15) is 9.18 Å². The third-order valence-corrected chi connectivity index (χ3v) is 5.02. The van der Waals surface area contributed by atoms with Crippen LogP contribution in [0.5, 0.6) is 5.75 Å². The minimum absolute atomic E-state index is 0.0650. The van der Waals surface area contributed by atoms with Crippen molar-refractivity contribution in [1.29, 1.82) is 0 Å². The maximum absolute atomic E-state index is 13.0. The number of fused-ring (bicyclic) bond motifs is 1. The Labute approximate surface area is 157 Å². The van der Waals surface area contributed by atoms with Gasteiger partial charge in [-0.2, -0.15) is 0 Å². The van der Waals surface area contributed by atoms with Crippen molar-refractivity contribution >= 4 is 5.78 Å². The molecule has 1 aliphatic carbocycles. The van der Waals surface area contributed by atoms with E-state index in [-0.39, 0.29) is 23.7 Å². The highest BCUT2D eigenvalue weighted by molar-refractivity contribution is 6.08. The number of rotatable bonds is 5. The van der Waals surface area contributed by atoms with Crippen molar-refractivity contribution in [2.45, 2.75) is 18.6 Å². The number of hydrogen-bond acceptors (Lipinski definition) is 3. The molecule has 1 N–H and O–H groups in total. The minimum Gasteiger partial charge on any atom is -0.484 e. The number of carbonyl (C=O) groups excluding carboxylic acids is 1. The molecule has 2 atom stereocenters. The first-order chi connectivity index (χ1) is 13.2. The van der Waals surface area contributed by atoms with Gasteiger partial charge in [0.05, 0.1) is 6.04 Å². The summed E-state index contributed by atoms with van der Waals surface area (Å²) in [5.74, 6) is 0.222. The maximum Gasteiger partial charge on any atom is 0.193 e. The zero-order chi connectivity index (χ0) is 18.8. The van der Waals surface area contributed by atoms with E-state index in [1.807, 2.05) is 31.3 Å². The average Bonchev–Trinajstić information content (AvgIpc) is 3.06. The highest BCUT2D eigenvalue weighted by atomic mass is 19.1. The van der Waals surface area contributed by atoms with E-state index in [4.69, 9.17) is 4.74 Å². The zero-order valence-electron chi connectivity index (χ0n) is 15.0. The van der Waals surface area contributed by atoms with Gasteiger partial charge >= 0.3 is 0 Å². The van der Waals surface area contributed by atoms with Crippen LogP contribution in [0.4, 0.5) is 4.39 Å². The van der Waals surface area contributed by atoms with Gasteiger partial charge in [0.25, 0.3) is 0 Å². The second kappa shape index (κ2) is 7.33. The Hall–Kier alpha value is -2.98. The molecule has 0 radical (unpaired) electrons. The predicted octanol–water partition coefficient (Wildman–Crippen LogP) is 4.32. The number of likely N-dealkylation sites (N-methyl/N-ethyl adjacent to an activating group) is 1. The Bertz CT molecular complexity index is 951. The van der Waals surface area contributed by atoms with E-state index in [1.165, 1.54) is 35.4 Å². The van der Waals surface area contributed by atoms with Crippen LogP contribution in [0.3, 0.4) is 0 Å². The van der Waals surface area contributed by atoms with Crippen molar-refractivity contribution in [3.63, 3.8) is 0 Å². The van der Waals surface area contributed by atoms with Crippen molar-refractivity contribution in [3.05, 3.63) is 101 Å². The molecule has 27 heavy (non-hydrogen) atoms. The molecule has 0 bridgehead atoms. The molecule has 0 heterocycles. The molecule has 0 aliphatic heterocycles. The van der Waals surface area contributed by atoms with Crippen LogP contribution in [0.1, 0.15) is 33.2 Å². The summed E-state index contributed by atoms with van der Waals surface area (Å²) in [6, 6.07) is 21.2. The summed E-state index contributed by atoms with van der Waals surface area (Å²) in [5, 5.41) is 3.33. The molecule has 4 rings (SSSR count). The number of ether oxygens (including phenoxy) is 1. The molecule has 1 aliphatic rings. The third-order valence-electron chi connectivity index (χ3n) is 5.02. The number of halogens is 1. The van der Waals surface area contributed by atoms with Crippen LogP contribution in [0.2, 0.25) is 0 Å². The van der Waals surface area contributed by atoms with Gasteiger partial charge in [-0.3, -0.25) is 4.79 Å². The van der Waals surface area contributed by atoms with Crippen molar-refractivity contribution in [1.82, 2.24) is 5.32 Å². The number of ketones is 1. The molecular weight excluding hydrogens is 341 g/mol. The van der Waals surface area contributed by atoms with E-state index in [0.717, 1.165) is 6.42 Å². The lowest BCUT2D eigenvalue weighted by Crippen LogP contribution is -2.32. The number of nitrogens with one attached hydrogen (secondary N) is 1. The number of carbonyl (C=O) groups is 1. The van der Waals surface area contributed by atoms with E-state index in [0.29, 0.717) is 16.9 Å². The third kappa shape index (κ3) is 3.49. The van der Waals surface area contributed by atoms with E-state index < -0.39 is 0 Å². The fourth-order valence-corrected chi connectivity index (χ4v) is 3.56. The summed E-state index contributed by atoms with van der Waals surface area (Å²) >= 11 is 0. The lowest BCUT2D eigenvalue weighted by atomic mass is 10.0.